The molecule has 4 aromatic rings. The first-order valence-electron chi connectivity index (χ1n) is 14.2. The number of non-ortho nitro benzene ring substituents is 2. The quantitative estimate of drug-likeness (QED) is 0.117. The summed E-state index contributed by atoms with van der Waals surface area (Å²) in [4.78, 5) is 47.9. The summed E-state index contributed by atoms with van der Waals surface area (Å²) in [5.41, 5.74) is 3.14. The number of benzene rings is 4. The van der Waals surface area contributed by atoms with Crippen molar-refractivity contribution in [1.82, 2.24) is 10.2 Å². The van der Waals surface area contributed by atoms with Crippen LogP contribution < -0.4 is 5.32 Å². The number of carbonyl (C=O) groups excluding carboxylic acids is 2. The third kappa shape index (κ3) is 7.87. The van der Waals surface area contributed by atoms with Gasteiger partial charge in [-0.2, -0.15) is 12.6 Å². The summed E-state index contributed by atoms with van der Waals surface area (Å²) < 4.78 is 10.8. The largest absolute Gasteiger partial charge is 0.445 e. The van der Waals surface area contributed by atoms with E-state index in [1.807, 2.05) is 36.4 Å². The van der Waals surface area contributed by atoms with E-state index in [0.29, 0.717) is 30.5 Å². The molecule has 1 aliphatic rings. The fourth-order valence-corrected chi connectivity index (χ4v) is 5.76. The molecule has 0 aliphatic carbocycles. The van der Waals surface area contributed by atoms with Crippen molar-refractivity contribution in [1.29, 1.82) is 0 Å². The molecular weight excluding hydrogens is 600 g/mol. The van der Waals surface area contributed by atoms with E-state index >= 15 is 0 Å². The molecule has 0 unspecified atom stereocenters. The molecule has 0 spiro atoms. The van der Waals surface area contributed by atoms with Crippen molar-refractivity contribution < 1.29 is 28.9 Å². The van der Waals surface area contributed by atoms with Crippen LogP contribution in [0.4, 0.5) is 21.0 Å². The summed E-state index contributed by atoms with van der Waals surface area (Å²) in [5, 5.41) is 26.4. The Morgan fingerprint density at radius 3 is 1.91 bits per heavy atom. The van der Waals surface area contributed by atoms with Gasteiger partial charge in [-0.25, -0.2) is 9.59 Å². The fourth-order valence-electron chi connectivity index (χ4n) is 5.34. The number of likely N-dealkylation sites (tertiary alicyclic amines) is 1. The molecule has 232 valence electrons. The number of hydrogen-bond donors (Lipinski definition) is 2. The van der Waals surface area contributed by atoms with Crippen molar-refractivity contribution in [3.05, 3.63) is 127 Å². The number of nitrogens with one attached hydrogen (secondary N) is 1. The minimum Gasteiger partial charge on any atom is -0.445 e. The maximum Gasteiger partial charge on any atom is 0.410 e. The number of carbonyl (C=O) groups is 2. The summed E-state index contributed by atoms with van der Waals surface area (Å²) in [6.07, 6.45) is 0.186. The SMILES string of the molecule is O=C(NCc1ccc(C[C@@H]2C[C@H](S)CN2C(=O)OCc2ccc([N+](=O)[O-])cc2)c2ccccc12)OCc1ccc([N+](=O)[O-])cc1. The highest BCUT2D eigenvalue weighted by atomic mass is 32.1. The molecule has 2 amide bonds. The standard InChI is InChI=1S/C32H30N4O8S/c37-31(43-19-21-5-11-25(12-6-21)35(39)40)33-17-24-10-9-23(29-3-1-2-4-30(24)29)15-27-16-28(45)18-34(27)32(38)44-20-22-7-13-26(14-8-22)36(41)42/h1-14,27-28,45H,15-20H2,(H,33,37)/t27-,28+/m1/s1. The predicted molar refractivity (Wildman–Crippen MR) is 169 cm³/mol. The molecule has 13 heteroatoms. The van der Waals surface area contributed by atoms with Crippen molar-refractivity contribution >= 4 is 47.0 Å². The van der Waals surface area contributed by atoms with E-state index < -0.39 is 22.0 Å². The number of fused-ring (bicyclic) bond motifs is 1. The highest BCUT2D eigenvalue weighted by Gasteiger charge is 2.35. The Morgan fingerprint density at radius 2 is 1.33 bits per heavy atom. The second-order valence-electron chi connectivity index (χ2n) is 10.7. The summed E-state index contributed by atoms with van der Waals surface area (Å²) in [7, 11) is 0. The minimum absolute atomic E-state index is 0.00176. The molecule has 0 radical (unpaired) electrons. The number of nitro benzene ring substituents is 2. The molecule has 1 fully saturated rings. The number of rotatable bonds is 10. The van der Waals surface area contributed by atoms with Gasteiger partial charge in [-0.3, -0.25) is 20.2 Å². The molecule has 0 aromatic heterocycles. The Balaban J connectivity index is 1.20. The molecule has 4 aromatic carbocycles. The van der Waals surface area contributed by atoms with Gasteiger partial charge >= 0.3 is 12.2 Å². The average Bonchev–Trinajstić information content (AvgIpc) is 3.42. The molecule has 0 saturated carbocycles. The van der Waals surface area contributed by atoms with E-state index in [9.17, 15) is 29.8 Å². The maximum atomic E-state index is 13.1. The van der Waals surface area contributed by atoms with Gasteiger partial charge < -0.3 is 19.7 Å². The molecule has 1 aliphatic heterocycles. The normalized spacial score (nSPS) is 15.9. The first kappa shape index (κ1) is 31.3. The van der Waals surface area contributed by atoms with Gasteiger partial charge in [0.05, 0.1) is 9.85 Å². The molecule has 1 heterocycles. The molecule has 0 bridgehead atoms. The van der Waals surface area contributed by atoms with Crippen LogP contribution in [-0.2, 0) is 35.7 Å². The monoisotopic (exact) mass is 630 g/mol. The Kier molecular flexibility index (Phi) is 9.78. The fraction of sp³-hybridized carbons (Fsp3) is 0.250. The highest BCUT2D eigenvalue weighted by molar-refractivity contribution is 7.81. The van der Waals surface area contributed by atoms with Crippen molar-refractivity contribution in [2.45, 2.75) is 43.9 Å². The van der Waals surface area contributed by atoms with Crippen LogP contribution in [0, 0.1) is 20.2 Å². The van der Waals surface area contributed by atoms with Crippen LogP contribution >= 0.6 is 12.6 Å². The summed E-state index contributed by atoms with van der Waals surface area (Å²) >= 11 is 4.64. The number of nitrogens with zero attached hydrogens (tertiary/aromatic N) is 3. The number of ether oxygens (including phenoxy) is 2. The third-order valence-corrected chi connectivity index (χ3v) is 8.01. The van der Waals surface area contributed by atoms with Gasteiger partial charge in [0.1, 0.15) is 13.2 Å². The van der Waals surface area contributed by atoms with Crippen LogP contribution in [0.15, 0.2) is 84.9 Å². The van der Waals surface area contributed by atoms with E-state index in [2.05, 4.69) is 17.9 Å². The summed E-state index contributed by atoms with van der Waals surface area (Å²) in [6, 6.07) is 23.3. The second-order valence-corrected chi connectivity index (χ2v) is 11.4. The van der Waals surface area contributed by atoms with Gasteiger partial charge in [0.15, 0.2) is 0 Å². The van der Waals surface area contributed by atoms with E-state index in [1.54, 1.807) is 17.0 Å². The lowest BCUT2D eigenvalue weighted by molar-refractivity contribution is -0.385. The Morgan fingerprint density at radius 1 is 0.800 bits per heavy atom. The number of thiol groups is 1. The van der Waals surface area contributed by atoms with Crippen LogP contribution in [0.25, 0.3) is 10.8 Å². The zero-order chi connectivity index (χ0) is 31.9. The lowest BCUT2D eigenvalue weighted by Crippen LogP contribution is -2.37. The first-order valence-corrected chi connectivity index (χ1v) is 14.7. The summed E-state index contributed by atoms with van der Waals surface area (Å²) in [5.74, 6) is 0. The van der Waals surface area contributed by atoms with Crippen LogP contribution in [0.2, 0.25) is 0 Å². The van der Waals surface area contributed by atoms with Crippen LogP contribution in [0.5, 0.6) is 0 Å². The molecule has 5 rings (SSSR count). The Bertz CT molecular complexity index is 1720. The van der Waals surface area contributed by atoms with E-state index in [0.717, 1.165) is 21.9 Å². The van der Waals surface area contributed by atoms with E-state index in [1.165, 1.54) is 36.4 Å². The Labute approximate surface area is 263 Å². The Hall–Kier alpha value is -5.17. The minimum atomic E-state index is -0.616. The van der Waals surface area contributed by atoms with E-state index in [4.69, 9.17) is 9.47 Å². The van der Waals surface area contributed by atoms with Gasteiger partial charge in [0, 0.05) is 48.6 Å². The smallest absolute Gasteiger partial charge is 0.410 e. The molecule has 2 atom stereocenters. The van der Waals surface area contributed by atoms with Gasteiger partial charge in [-0.05, 0) is 70.1 Å². The molecule has 12 nitrogen and oxygen atoms in total. The van der Waals surface area contributed by atoms with Gasteiger partial charge in [0.25, 0.3) is 11.4 Å². The third-order valence-electron chi connectivity index (χ3n) is 7.64. The van der Waals surface area contributed by atoms with Crippen LogP contribution in [0.1, 0.15) is 28.7 Å². The first-order chi connectivity index (χ1) is 21.7. The zero-order valence-electron chi connectivity index (χ0n) is 24.0. The van der Waals surface area contributed by atoms with Crippen LogP contribution in [-0.4, -0.2) is 44.8 Å². The van der Waals surface area contributed by atoms with Crippen molar-refractivity contribution in [3.63, 3.8) is 0 Å². The summed E-state index contributed by atoms with van der Waals surface area (Å²) in [6.45, 7) is 0.639. The molecule has 1 saturated heterocycles. The number of amides is 2. The van der Waals surface area contributed by atoms with Gasteiger partial charge in [-0.1, -0.05) is 36.4 Å². The lowest BCUT2D eigenvalue weighted by Gasteiger charge is -2.25. The van der Waals surface area contributed by atoms with Crippen molar-refractivity contribution in [2.24, 2.45) is 0 Å². The van der Waals surface area contributed by atoms with E-state index in [-0.39, 0.29) is 42.4 Å². The lowest BCUT2D eigenvalue weighted by atomic mass is 9.94. The van der Waals surface area contributed by atoms with Crippen molar-refractivity contribution in [3.8, 4) is 0 Å². The second kappa shape index (κ2) is 14.1. The highest BCUT2D eigenvalue weighted by Crippen LogP contribution is 2.30. The van der Waals surface area contributed by atoms with Gasteiger partial charge in [-0.15, -0.1) is 0 Å². The zero-order valence-corrected chi connectivity index (χ0v) is 24.9. The van der Waals surface area contributed by atoms with Gasteiger partial charge in [0.2, 0.25) is 0 Å². The van der Waals surface area contributed by atoms with Crippen LogP contribution in [0.3, 0.4) is 0 Å². The number of hydrogen-bond acceptors (Lipinski definition) is 9. The molecular formula is C32H30N4O8S. The number of alkyl carbamates (subject to hydrolysis) is 1. The predicted octanol–water partition coefficient (Wildman–Crippen LogP) is 6.33. The number of nitro groups is 2. The maximum absolute atomic E-state index is 13.1. The molecule has 45 heavy (non-hydrogen) atoms. The average molecular weight is 631 g/mol. The topological polar surface area (TPSA) is 154 Å². The molecule has 1 N–H and O–H groups in total. The van der Waals surface area contributed by atoms with Crippen molar-refractivity contribution in [2.75, 3.05) is 6.54 Å².